The number of piperidine rings is 1. The molecule has 28 heavy (non-hydrogen) atoms. The number of hydrogen-bond donors (Lipinski definition) is 1. The van der Waals surface area contributed by atoms with Crippen LogP contribution in [0, 0.1) is 0 Å². The minimum absolute atomic E-state index is 0.00777. The maximum absolute atomic E-state index is 12.8. The first-order valence-corrected chi connectivity index (χ1v) is 11.9. The SMILES string of the molecule is CN(C)S(=O)(=O)c1ccc(S(=O)(=O)Nc2ccncc2N2CCCCC2)cc1. The zero-order valence-corrected chi connectivity index (χ0v) is 17.5. The predicted octanol–water partition coefficient (Wildman–Crippen LogP) is 2.12. The minimum atomic E-state index is -3.87. The smallest absolute Gasteiger partial charge is 0.261 e. The Morgan fingerprint density at radius 1 is 0.929 bits per heavy atom. The quantitative estimate of drug-likeness (QED) is 0.763. The van der Waals surface area contributed by atoms with Crippen LogP contribution in [0.3, 0.4) is 0 Å². The summed E-state index contributed by atoms with van der Waals surface area (Å²) >= 11 is 0. The molecule has 0 radical (unpaired) electrons. The zero-order chi connectivity index (χ0) is 20.4. The Balaban J connectivity index is 1.87. The second-order valence-electron chi connectivity index (χ2n) is 6.80. The third-order valence-electron chi connectivity index (χ3n) is 4.65. The van der Waals surface area contributed by atoms with Crippen molar-refractivity contribution in [2.75, 3.05) is 36.8 Å². The molecule has 1 aromatic heterocycles. The Morgan fingerprint density at radius 2 is 1.54 bits per heavy atom. The highest BCUT2D eigenvalue weighted by atomic mass is 32.2. The average Bonchev–Trinajstić information content (AvgIpc) is 2.69. The van der Waals surface area contributed by atoms with Gasteiger partial charge >= 0.3 is 0 Å². The van der Waals surface area contributed by atoms with Gasteiger partial charge in [-0.25, -0.2) is 21.1 Å². The van der Waals surface area contributed by atoms with Crippen LogP contribution in [0.1, 0.15) is 19.3 Å². The predicted molar refractivity (Wildman–Crippen MR) is 108 cm³/mol. The lowest BCUT2D eigenvalue weighted by Gasteiger charge is -2.30. The van der Waals surface area contributed by atoms with Crippen molar-refractivity contribution >= 4 is 31.4 Å². The average molecular weight is 425 g/mol. The number of nitrogens with zero attached hydrogens (tertiary/aromatic N) is 3. The van der Waals surface area contributed by atoms with Gasteiger partial charge in [-0.2, -0.15) is 0 Å². The molecule has 152 valence electrons. The number of nitrogens with one attached hydrogen (secondary N) is 1. The van der Waals surface area contributed by atoms with Crippen molar-refractivity contribution in [2.45, 2.75) is 29.1 Å². The van der Waals surface area contributed by atoms with Crippen molar-refractivity contribution in [1.82, 2.24) is 9.29 Å². The van der Waals surface area contributed by atoms with Crippen LogP contribution in [-0.2, 0) is 20.0 Å². The molecule has 1 N–H and O–H groups in total. The summed E-state index contributed by atoms with van der Waals surface area (Å²) in [5.41, 5.74) is 1.21. The fourth-order valence-electron chi connectivity index (χ4n) is 3.06. The van der Waals surface area contributed by atoms with E-state index in [4.69, 9.17) is 0 Å². The third-order valence-corrected chi connectivity index (χ3v) is 7.86. The summed E-state index contributed by atoms with van der Waals surface area (Å²) in [6.07, 6.45) is 6.49. The monoisotopic (exact) mass is 424 g/mol. The standard InChI is InChI=1S/C18H24N4O4S2/c1-21(2)28(25,26)16-8-6-15(7-9-16)27(23,24)20-17-10-11-19-14-18(17)22-12-4-3-5-13-22/h6-11,14H,3-5,12-13H2,1-2H3,(H,19,20). The van der Waals surface area contributed by atoms with Gasteiger partial charge < -0.3 is 4.90 Å². The Morgan fingerprint density at radius 3 is 2.14 bits per heavy atom. The minimum Gasteiger partial charge on any atom is -0.369 e. The van der Waals surface area contributed by atoms with Crippen LogP contribution in [0.25, 0.3) is 0 Å². The highest BCUT2D eigenvalue weighted by Gasteiger charge is 2.22. The fourth-order valence-corrected chi connectivity index (χ4v) is 5.04. The van der Waals surface area contributed by atoms with E-state index in [1.165, 1.54) is 51.0 Å². The first-order chi connectivity index (χ1) is 13.2. The summed E-state index contributed by atoms with van der Waals surface area (Å²) in [7, 11) is -4.64. The van der Waals surface area contributed by atoms with Gasteiger partial charge in [-0.1, -0.05) is 0 Å². The second kappa shape index (κ2) is 8.06. The molecular formula is C18H24N4O4S2. The molecule has 2 heterocycles. The van der Waals surface area contributed by atoms with Crippen molar-refractivity contribution < 1.29 is 16.8 Å². The molecule has 1 aliphatic rings. The van der Waals surface area contributed by atoms with Gasteiger partial charge in [0.25, 0.3) is 10.0 Å². The highest BCUT2D eigenvalue weighted by Crippen LogP contribution is 2.29. The molecule has 1 aliphatic heterocycles. The Hall–Kier alpha value is -2.17. The van der Waals surface area contributed by atoms with E-state index >= 15 is 0 Å². The summed E-state index contributed by atoms with van der Waals surface area (Å²) in [5.74, 6) is 0. The number of sulfonamides is 2. The lowest BCUT2D eigenvalue weighted by molar-refractivity contribution is 0.520. The van der Waals surface area contributed by atoms with Gasteiger partial charge in [-0.3, -0.25) is 9.71 Å². The third kappa shape index (κ3) is 4.29. The highest BCUT2D eigenvalue weighted by molar-refractivity contribution is 7.92. The molecule has 1 saturated heterocycles. The van der Waals surface area contributed by atoms with E-state index in [9.17, 15) is 16.8 Å². The lowest BCUT2D eigenvalue weighted by atomic mass is 10.1. The first-order valence-electron chi connectivity index (χ1n) is 8.96. The second-order valence-corrected chi connectivity index (χ2v) is 10.6. The van der Waals surface area contributed by atoms with E-state index in [-0.39, 0.29) is 9.79 Å². The van der Waals surface area contributed by atoms with Crippen LogP contribution in [0.2, 0.25) is 0 Å². The summed E-state index contributed by atoms with van der Waals surface area (Å²) in [5, 5.41) is 0. The molecule has 2 aromatic rings. The van der Waals surface area contributed by atoms with Crippen LogP contribution < -0.4 is 9.62 Å². The van der Waals surface area contributed by atoms with Crippen LogP contribution in [0.5, 0.6) is 0 Å². The molecule has 1 fully saturated rings. The van der Waals surface area contributed by atoms with Crippen LogP contribution in [-0.4, -0.2) is 53.3 Å². The number of aromatic nitrogens is 1. The molecule has 0 atom stereocenters. The molecule has 0 unspecified atom stereocenters. The maximum atomic E-state index is 12.8. The number of pyridine rings is 1. The zero-order valence-electron chi connectivity index (χ0n) is 15.9. The van der Waals surface area contributed by atoms with E-state index in [0.29, 0.717) is 5.69 Å². The van der Waals surface area contributed by atoms with Crippen molar-refractivity contribution in [2.24, 2.45) is 0 Å². The largest absolute Gasteiger partial charge is 0.369 e. The van der Waals surface area contributed by atoms with Gasteiger partial charge in [0, 0.05) is 33.4 Å². The topological polar surface area (TPSA) is 99.7 Å². The Bertz CT molecular complexity index is 1030. The van der Waals surface area contributed by atoms with Gasteiger partial charge in [0.05, 0.1) is 27.4 Å². The first kappa shape index (κ1) is 20.6. The number of rotatable bonds is 6. The molecule has 3 rings (SSSR count). The van der Waals surface area contributed by atoms with E-state index in [1.54, 1.807) is 12.3 Å². The molecule has 8 nitrogen and oxygen atoms in total. The van der Waals surface area contributed by atoms with Gasteiger partial charge in [-0.05, 0) is 49.6 Å². The number of hydrogen-bond acceptors (Lipinski definition) is 6. The van der Waals surface area contributed by atoms with Crippen LogP contribution in [0.15, 0.2) is 52.5 Å². The summed E-state index contributed by atoms with van der Waals surface area (Å²) in [6.45, 7) is 1.72. The molecule has 0 saturated carbocycles. The lowest BCUT2D eigenvalue weighted by Crippen LogP contribution is -2.30. The fraction of sp³-hybridized carbons (Fsp3) is 0.389. The van der Waals surface area contributed by atoms with Gasteiger partial charge in [0.1, 0.15) is 0 Å². The van der Waals surface area contributed by atoms with E-state index < -0.39 is 20.0 Å². The van der Waals surface area contributed by atoms with Crippen molar-refractivity contribution in [3.05, 3.63) is 42.7 Å². The molecular weight excluding hydrogens is 400 g/mol. The molecule has 1 aromatic carbocycles. The number of anilines is 2. The number of benzene rings is 1. The van der Waals surface area contributed by atoms with Gasteiger partial charge in [0.2, 0.25) is 10.0 Å². The van der Waals surface area contributed by atoms with E-state index in [2.05, 4.69) is 14.6 Å². The summed E-state index contributed by atoms with van der Waals surface area (Å²) in [6, 6.07) is 6.80. The molecule has 0 spiro atoms. The van der Waals surface area contributed by atoms with Crippen molar-refractivity contribution in [3.63, 3.8) is 0 Å². The van der Waals surface area contributed by atoms with Crippen LogP contribution >= 0.6 is 0 Å². The van der Waals surface area contributed by atoms with Crippen LogP contribution in [0.4, 0.5) is 11.4 Å². The van der Waals surface area contributed by atoms with Gasteiger partial charge in [0.15, 0.2) is 0 Å². The van der Waals surface area contributed by atoms with E-state index in [1.807, 2.05) is 0 Å². The summed E-state index contributed by atoms with van der Waals surface area (Å²) in [4.78, 5) is 6.29. The normalized spacial score (nSPS) is 15.6. The van der Waals surface area contributed by atoms with Gasteiger partial charge in [-0.15, -0.1) is 0 Å². The molecule has 10 heteroatoms. The molecule has 0 aliphatic carbocycles. The summed E-state index contributed by atoms with van der Waals surface area (Å²) < 4.78 is 53.6. The van der Waals surface area contributed by atoms with Crippen molar-refractivity contribution in [3.8, 4) is 0 Å². The van der Waals surface area contributed by atoms with Crippen molar-refractivity contribution in [1.29, 1.82) is 0 Å². The molecule has 0 amide bonds. The molecule has 0 bridgehead atoms. The maximum Gasteiger partial charge on any atom is 0.261 e. The van der Waals surface area contributed by atoms with E-state index in [0.717, 1.165) is 35.9 Å². The Kier molecular flexibility index (Phi) is 5.92. The Labute approximate surface area is 166 Å².